The van der Waals surface area contributed by atoms with E-state index < -0.39 is 0 Å². The number of hydrogen-bond acceptors (Lipinski definition) is 3. The molecular weight excluding hydrogens is 245 g/mol. The van der Waals surface area contributed by atoms with Crippen LogP contribution in [0, 0.1) is 13.8 Å². The largest absolute Gasteiger partial charge is 0.227 e. The molecule has 2 rings (SSSR count). The molecule has 1 heterocycles. The fraction of sp³-hybridized carbons (Fsp3) is 0.182. The summed E-state index contributed by atoms with van der Waals surface area (Å²) in [5.74, 6) is 0.497. The molecule has 0 unspecified atom stereocenters. The van der Waals surface area contributed by atoms with Crippen molar-refractivity contribution in [3.05, 3.63) is 39.9 Å². The fourth-order valence-corrected chi connectivity index (χ4v) is 1.92. The molecule has 16 heavy (non-hydrogen) atoms. The third kappa shape index (κ3) is 2.49. The molecule has 0 spiro atoms. The van der Waals surface area contributed by atoms with Gasteiger partial charge in [-0.25, -0.2) is 0 Å². The van der Waals surface area contributed by atoms with Crippen LogP contribution in [0.3, 0.4) is 0 Å². The minimum Gasteiger partial charge on any atom is -0.198 e. The van der Waals surface area contributed by atoms with Crippen LogP contribution in [0.2, 0.25) is 10.6 Å². The van der Waals surface area contributed by atoms with Crippen molar-refractivity contribution in [3.8, 4) is 11.4 Å². The van der Waals surface area contributed by atoms with Crippen LogP contribution >= 0.6 is 23.2 Å². The Kier molecular flexibility index (Phi) is 3.08. The monoisotopic (exact) mass is 253 g/mol. The molecule has 0 bridgehead atoms. The minimum absolute atomic E-state index is 0.106. The average Bonchev–Trinajstić information content (AvgIpc) is 2.14. The summed E-state index contributed by atoms with van der Waals surface area (Å²) in [4.78, 5) is 11.8. The van der Waals surface area contributed by atoms with Gasteiger partial charge in [0.15, 0.2) is 5.82 Å². The molecule has 0 saturated carbocycles. The summed E-state index contributed by atoms with van der Waals surface area (Å²) in [6, 6.07) is 6.04. The minimum atomic E-state index is 0.106. The van der Waals surface area contributed by atoms with E-state index in [1.807, 2.05) is 26.0 Å². The Bertz CT molecular complexity index is 451. The Morgan fingerprint density at radius 1 is 0.812 bits per heavy atom. The number of benzene rings is 1. The molecular formula is C11H9Cl2N3. The normalized spacial score (nSPS) is 10.5. The molecule has 0 N–H and O–H groups in total. The first-order chi connectivity index (χ1) is 7.54. The molecule has 2 aromatic rings. The molecule has 5 heteroatoms. The molecule has 3 nitrogen and oxygen atoms in total. The SMILES string of the molecule is Cc1cc(C)cc(-c2nc(Cl)nc(Cl)n2)c1. The van der Waals surface area contributed by atoms with Crippen molar-refractivity contribution in [2.75, 3.05) is 0 Å². The van der Waals surface area contributed by atoms with E-state index in [0.29, 0.717) is 5.82 Å². The van der Waals surface area contributed by atoms with Crippen molar-refractivity contribution >= 4 is 23.2 Å². The number of hydrogen-bond donors (Lipinski definition) is 0. The summed E-state index contributed by atoms with van der Waals surface area (Å²) in [6.07, 6.45) is 0. The number of rotatable bonds is 1. The first-order valence-corrected chi connectivity index (χ1v) is 5.46. The van der Waals surface area contributed by atoms with Gasteiger partial charge in [-0.1, -0.05) is 17.2 Å². The second-order valence-corrected chi connectivity index (χ2v) is 4.25. The van der Waals surface area contributed by atoms with E-state index in [-0.39, 0.29) is 10.6 Å². The zero-order chi connectivity index (χ0) is 11.7. The van der Waals surface area contributed by atoms with Crippen LogP contribution in [-0.2, 0) is 0 Å². The summed E-state index contributed by atoms with van der Waals surface area (Å²) in [5.41, 5.74) is 3.18. The number of halogens is 2. The zero-order valence-electron chi connectivity index (χ0n) is 8.83. The second kappa shape index (κ2) is 4.36. The molecule has 1 aromatic heterocycles. The molecule has 0 saturated heterocycles. The molecule has 82 valence electrons. The molecule has 0 radical (unpaired) electrons. The van der Waals surface area contributed by atoms with Crippen molar-refractivity contribution in [2.24, 2.45) is 0 Å². The number of nitrogens with zero attached hydrogens (tertiary/aromatic N) is 3. The van der Waals surface area contributed by atoms with Crippen LogP contribution in [0.25, 0.3) is 11.4 Å². The van der Waals surface area contributed by atoms with E-state index in [2.05, 4.69) is 21.0 Å². The van der Waals surface area contributed by atoms with E-state index in [4.69, 9.17) is 23.2 Å². The quantitative estimate of drug-likeness (QED) is 0.782. The summed E-state index contributed by atoms with van der Waals surface area (Å²) in [7, 11) is 0. The van der Waals surface area contributed by atoms with Crippen molar-refractivity contribution in [1.82, 2.24) is 15.0 Å². The Balaban J connectivity index is 2.57. The van der Waals surface area contributed by atoms with Gasteiger partial charge in [-0.05, 0) is 49.2 Å². The van der Waals surface area contributed by atoms with Gasteiger partial charge in [0.1, 0.15) is 0 Å². The van der Waals surface area contributed by atoms with E-state index in [0.717, 1.165) is 16.7 Å². The maximum absolute atomic E-state index is 5.73. The smallest absolute Gasteiger partial charge is 0.198 e. The van der Waals surface area contributed by atoms with Crippen LogP contribution in [0.1, 0.15) is 11.1 Å². The van der Waals surface area contributed by atoms with Gasteiger partial charge in [-0.15, -0.1) is 0 Å². The highest BCUT2D eigenvalue weighted by Gasteiger charge is 2.06. The Hall–Kier alpha value is -1.19. The summed E-state index contributed by atoms with van der Waals surface area (Å²) < 4.78 is 0. The molecule has 0 aliphatic heterocycles. The lowest BCUT2D eigenvalue weighted by molar-refractivity contribution is 1.06. The summed E-state index contributed by atoms with van der Waals surface area (Å²) >= 11 is 11.5. The number of aromatic nitrogens is 3. The maximum Gasteiger partial charge on any atom is 0.227 e. The molecule has 1 aromatic carbocycles. The first-order valence-electron chi connectivity index (χ1n) is 4.70. The van der Waals surface area contributed by atoms with Gasteiger partial charge < -0.3 is 0 Å². The number of aryl methyl sites for hydroxylation is 2. The third-order valence-corrected chi connectivity index (χ3v) is 2.40. The van der Waals surface area contributed by atoms with E-state index in [1.54, 1.807) is 0 Å². The Labute approximate surface area is 103 Å². The van der Waals surface area contributed by atoms with Gasteiger partial charge in [-0.2, -0.15) is 15.0 Å². The van der Waals surface area contributed by atoms with Crippen LogP contribution < -0.4 is 0 Å². The Morgan fingerprint density at radius 3 is 1.81 bits per heavy atom. The van der Waals surface area contributed by atoms with Crippen molar-refractivity contribution < 1.29 is 0 Å². The van der Waals surface area contributed by atoms with Crippen molar-refractivity contribution in [2.45, 2.75) is 13.8 Å². The lowest BCUT2D eigenvalue weighted by Crippen LogP contribution is -1.94. The van der Waals surface area contributed by atoms with E-state index in [9.17, 15) is 0 Å². The van der Waals surface area contributed by atoms with Gasteiger partial charge in [0.25, 0.3) is 0 Å². The van der Waals surface area contributed by atoms with Crippen LogP contribution in [0.4, 0.5) is 0 Å². The molecule has 0 aliphatic rings. The van der Waals surface area contributed by atoms with Crippen LogP contribution in [0.15, 0.2) is 18.2 Å². The van der Waals surface area contributed by atoms with E-state index in [1.165, 1.54) is 0 Å². The summed E-state index contributed by atoms with van der Waals surface area (Å²) in [6.45, 7) is 4.03. The fourth-order valence-electron chi connectivity index (χ4n) is 1.56. The highest BCUT2D eigenvalue weighted by molar-refractivity contribution is 6.31. The zero-order valence-corrected chi connectivity index (χ0v) is 10.3. The second-order valence-electron chi connectivity index (χ2n) is 3.57. The highest BCUT2D eigenvalue weighted by Crippen LogP contribution is 2.20. The van der Waals surface area contributed by atoms with Gasteiger partial charge in [-0.3, -0.25) is 0 Å². The first kappa shape index (κ1) is 11.3. The molecule has 0 amide bonds. The van der Waals surface area contributed by atoms with Gasteiger partial charge in [0.2, 0.25) is 10.6 Å². The lowest BCUT2D eigenvalue weighted by Gasteiger charge is -2.04. The van der Waals surface area contributed by atoms with Crippen molar-refractivity contribution in [3.63, 3.8) is 0 Å². The van der Waals surface area contributed by atoms with Crippen LogP contribution in [-0.4, -0.2) is 15.0 Å². The van der Waals surface area contributed by atoms with Crippen LogP contribution in [0.5, 0.6) is 0 Å². The topological polar surface area (TPSA) is 38.7 Å². The van der Waals surface area contributed by atoms with Gasteiger partial charge in [0.05, 0.1) is 0 Å². The standard InChI is InChI=1S/C11H9Cl2N3/c1-6-3-7(2)5-8(4-6)9-14-10(12)16-11(13)15-9/h3-5H,1-2H3. The predicted octanol–water partition coefficient (Wildman–Crippen LogP) is 3.46. The van der Waals surface area contributed by atoms with E-state index >= 15 is 0 Å². The lowest BCUT2D eigenvalue weighted by atomic mass is 10.1. The van der Waals surface area contributed by atoms with Crippen molar-refractivity contribution in [1.29, 1.82) is 0 Å². The van der Waals surface area contributed by atoms with Gasteiger partial charge >= 0.3 is 0 Å². The molecule has 0 fully saturated rings. The maximum atomic E-state index is 5.73. The Morgan fingerprint density at radius 2 is 1.31 bits per heavy atom. The average molecular weight is 254 g/mol. The highest BCUT2D eigenvalue weighted by atomic mass is 35.5. The molecule has 0 aliphatic carbocycles. The molecule has 0 atom stereocenters. The summed E-state index contributed by atoms with van der Waals surface area (Å²) in [5, 5.41) is 0.211. The van der Waals surface area contributed by atoms with Gasteiger partial charge in [0, 0.05) is 5.56 Å². The predicted molar refractivity (Wildman–Crippen MR) is 64.8 cm³/mol. The third-order valence-electron chi connectivity index (χ3n) is 2.06.